The lowest BCUT2D eigenvalue weighted by Gasteiger charge is -2.05. The number of nitrogens with zero attached hydrogens (tertiary/aromatic N) is 1. The van der Waals surface area contributed by atoms with Gasteiger partial charge < -0.3 is 10.5 Å². The van der Waals surface area contributed by atoms with E-state index in [0.717, 1.165) is 24.1 Å². The Kier molecular flexibility index (Phi) is 5.20. The van der Waals surface area contributed by atoms with E-state index >= 15 is 0 Å². The van der Waals surface area contributed by atoms with Gasteiger partial charge in [-0.3, -0.25) is 4.79 Å². The topological polar surface area (TPSA) is 61.7 Å². The molecule has 0 atom stereocenters. The van der Waals surface area contributed by atoms with Gasteiger partial charge in [0.2, 0.25) is 5.91 Å². The summed E-state index contributed by atoms with van der Waals surface area (Å²) >= 11 is 0. The highest BCUT2D eigenvalue weighted by molar-refractivity contribution is 5.99. The molecule has 0 saturated carbocycles. The molecule has 92 valence electrons. The summed E-state index contributed by atoms with van der Waals surface area (Å²) in [5.41, 5.74) is 2.15. The predicted molar refractivity (Wildman–Crippen MR) is 68.6 cm³/mol. The maximum Gasteiger partial charge on any atom is 0.224 e. The summed E-state index contributed by atoms with van der Waals surface area (Å²) in [7, 11) is 0. The van der Waals surface area contributed by atoms with Crippen LogP contribution in [0.3, 0.4) is 0 Å². The molecule has 4 nitrogen and oxygen atoms in total. The van der Waals surface area contributed by atoms with Gasteiger partial charge in [-0.05, 0) is 31.0 Å². The summed E-state index contributed by atoms with van der Waals surface area (Å²) in [6.07, 6.45) is 2.47. The molecule has 0 unspecified atom stereocenters. The van der Waals surface area contributed by atoms with Gasteiger partial charge in [0, 0.05) is 12.1 Å². The second-order valence-corrected chi connectivity index (χ2v) is 3.91. The fourth-order valence-corrected chi connectivity index (χ4v) is 1.41. The van der Waals surface area contributed by atoms with E-state index in [1.807, 2.05) is 12.1 Å². The van der Waals surface area contributed by atoms with Crippen molar-refractivity contribution in [1.29, 1.82) is 0 Å². The number of nitrogens with one attached hydrogen (secondary N) is 1. The molecule has 17 heavy (non-hydrogen) atoms. The zero-order valence-corrected chi connectivity index (χ0v) is 10.2. The minimum absolute atomic E-state index is 0.0344. The second kappa shape index (κ2) is 6.68. The summed E-state index contributed by atoms with van der Waals surface area (Å²) in [6.45, 7) is 3.77. The lowest BCUT2D eigenvalue weighted by Crippen LogP contribution is -2.10. The van der Waals surface area contributed by atoms with Gasteiger partial charge in [0.15, 0.2) is 0 Å². The normalized spacial score (nSPS) is 11.3. The maximum absolute atomic E-state index is 11.5. The van der Waals surface area contributed by atoms with E-state index in [4.69, 9.17) is 5.21 Å². The van der Waals surface area contributed by atoms with Crippen LogP contribution in [0.5, 0.6) is 0 Å². The van der Waals surface area contributed by atoms with Crippen molar-refractivity contribution in [1.82, 2.24) is 0 Å². The summed E-state index contributed by atoms with van der Waals surface area (Å²) in [5.74, 6) is 0.0344. The number of carbonyl (C=O) groups excluding carboxylic acids is 1. The van der Waals surface area contributed by atoms with Crippen molar-refractivity contribution in [3.8, 4) is 0 Å². The molecule has 0 spiro atoms. The molecule has 2 N–H and O–H groups in total. The van der Waals surface area contributed by atoms with E-state index in [1.165, 1.54) is 0 Å². The molecule has 0 fully saturated rings. The van der Waals surface area contributed by atoms with Gasteiger partial charge in [-0.2, -0.15) is 0 Å². The van der Waals surface area contributed by atoms with Crippen molar-refractivity contribution in [3.05, 3.63) is 29.8 Å². The van der Waals surface area contributed by atoms with Gasteiger partial charge in [0.05, 0.1) is 5.71 Å². The predicted octanol–water partition coefficient (Wildman–Crippen LogP) is 3.01. The molecule has 0 heterocycles. The molecular formula is C13H18N2O2. The van der Waals surface area contributed by atoms with Crippen molar-refractivity contribution >= 4 is 17.3 Å². The minimum Gasteiger partial charge on any atom is -0.411 e. The number of oxime groups is 1. The summed E-state index contributed by atoms with van der Waals surface area (Å²) < 4.78 is 0. The highest BCUT2D eigenvalue weighted by Crippen LogP contribution is 2.11. The number of hydrogen-bond acceptors (Lipinski definition) is 3. The van der Waals surface area contributed by atoms with E-state index in [-0.39, 0.29) is 5.91 Å². The SMILES string of the molecule is CCCCC(=O)Nc1ccc(/C(C)=N/O)cc1. The molecule has 1 amide bonds. The third-order valence-corrected chi connectivity index (χ3v) is 2.49. The third kappa shape index (κ3) is 4.26. The molecule has 0 bridgehead atoms. The average Bonchev–Trinajstić information content (AvgIpc) is 2.36. The number of hydrogen-bond donors (Lipinski definition) is 2. The van der Waals surface area contributed by atoms with Crippen LogP contribution in [-0.4, -0.2) is 16.8 Å². The van der Waals surface area contributed by atoms with Gasteiger partial charge >= 0.3 is 0 Å². The fourth-order valence-electron chi connectivity index (χ4n) is 1.41. The van der Waals surface area contributed by atoms with Gasteiger partial charge in [-0.25, -0.2) is 0 Å². The number of unbranched alkanes of at least 4 members (excludes halogenated alkanes) is 1. The molecule has 1 aromatic rings. The first-order valence-corrected chi connectivity index (χ1v) is 5.76. The Morgan fingerprint density at radius 3 is 2.53 bits per heavy atom. The largest absolute Gasteiger partial charge is 0.411 e. The lowest BCUT2D eigenvalue weighted by atomic mass is 10.1. The lowest BCUT2D eigenvalue weighted by molar-refractivity contribution is -0.116. The number of anilines is 1. The summed E-state index contributed by atoms with van der Waals surface area (Å²) in [6, 6.07) is 7.22. The van der Waals surface area contributed by atoms with Gasteiger partial charge in [-0.1, -0.05) is 30.6 Å². The zero-order valence-electron chi connectivity index (χ0n) is 10.2. The standard InChI is InChI=1S/C13H18N2O2/c1-3-4-5-13(16)14-12-8-6-11(7-9-12)10(2)15-17/h6-9,17H,3-5H2,1-2H3,(H,14,16)/b15-10+. The number of benzene rings is 1. The van der Waals surface area contributed by atoms with E-state index in [1.54, 1.807) is 19.1 Å². The fraction of sp³-hybridized carbons (Fsp3) is 0.385. The van der Waals surface area contributed by atoms with E-state index < -0.39 is 0 Å². The van der Waals surface area contributed by atoms with Crippen molar-refractivity contribution < 1.29 is 10.0 Å². The Hall–Kier alpha value is -1.84. The average molecular weight is 234 g/mol. The molecule has 0 radical (unpaired) electrons. The van der Waals surface area contributed by atoms with Crippen molar-refractivity contribution in [2.45, 2.75) is 33.1 Å². The quantitative estimate of drug-likeness (QED) is 0.467. The van der Waals surface area contributed by atoms with E-state index in [2.05, 4.69) is 17.4 Å². The zero-order chi connectivity index (χ0) is 12.7. The molecule has 0 aliphatic heterocycles. The van der Waals surface area contributed by atoms with Crippen molar-refractivity contribution in [2.75, 3.05) is 5.32 Å². The first-order valence-electron chi connectivity index (χ1n) is 5.76. The molecule has 1 rings (SSSR count). The first-order chi connectivity index (χ1) is 8.17. The summed E-state index contributed by atoms with van der Waals surface area (Å²) in [4.78, 5) is 11.5. The van der Waals surface area contributed by atoms with E-state index in [9.17, 15) is 4.79 Å². The first kappa shape index (κ1) is 13.2. The Balaban J connectivity index is 2.59. The van der Waals surface area contributed by atoms with Crippen LogP contribution in [0.1, 0.15) is 38.7 Å². The second-order valence-electron chi connectivity index (χ2n) is 3.91. The van der Waals surface area contributed by atoms with Gasteiger partial charge in [0.1, 0.15) is 0 Å². The van der Waals surface area contributed by atoms with Gasteiger partial charge in [0.25, 0.3) is 0 Å². The van der Waals surface area contributed by atoms with Crippen LogP contribution in [0.15, 0.2) is 29.4 Å². The Bertz CT molecular complexity index is 396. The van der Waals surface area contributed by atoms with Crippen LogP contribution in [-0.2, 0) is 4.79 Å². The third-order valence-electron chi connectivity index (χ3n) is 2.49. The van der Waals surface area contributed by atoms with Crippen molar-refractivity contribution in [3.63, 3.8) is 0 Å². The Morgan fingerprint density at radius 1 is 1.35 bits per heavy atom. The molecule has 4 heteroatoms. The van der Waals surface area contributed by atoms with Crippen LogP contribution in [0.4, 0.5) is 5.69 Å². The monoisotopic (exact) mass is 234 g/mol. The smallest absolute Gasteiger partial charge is 0.224 e. The molecular weight excluding hydrogens is 216 g/mol. The van der Waals surface area contributed by atoms with Crippen LogP contribution >= 0.6 is 0 Å². The molecule has 0 aromatic heterocycles. The Labute approximate surface area is 101 Å². The molecule has 0 aliphatic carbocycles. The molecule has 0 saturated heterocycles. The van der Waals surface area contributed by atoms with E-state index in [0.29, 0.717) is 12.1 Å². The molecule has 0 aliphatic rings. The highest BCUT2D eigenvalue weighted by Gasteiger charge is 2.02. The molecule has 1 aromatic carbocycles. The van der Waals surface area contributed by atoms with Crippen LogP contribution < -0.4 is 5.32 Å². The minimum atomic E-state index is 0.0344. The number of amides is 1. The Morgan fingerprint density at radius 2 is 2.00 bits per heavy atom. The maximum atomic E-state index is 11.5. The highest BCUT2D eigenvalue weighted by atomic mass is 16.4. The number of carbonyl (C=O) groups is 1. The van der Waals surface area contributed by atoms with Crippen molar-refractivity contribution in [2.24, 2.45) is 5.16 Å². The van der Waals surface area contributed by atoms with Crippen LogP contribution in [0.25, 0.3) is 0 Å². The van der Waals surface area contributed by atoms with Gasteiger partial charge in [-0.15, -0.1) is 0 Å². The summed E-state index contributed by atoms with van der Waals surface area (Å²) in [5, 5.41) is 14.6. The number of rotatable bonds is 5. The van der Waals surface area contributed by atoms with Crippen LogP contribution in [0, 0.1) is 0 Å². The van der Waals surface area contributed by atoms with Crippen LogP contribution in [0.2, 0.25) is 0 Å².